The van der Waals surface area contributed by atoms with Crippen LogP contribution in [0.1, 0.15) is 38.4 Å². The van der Waals surface area contributed by atoms with Gasteiger partial charge in [-0.05, 0) is 31.9 Å². The highest BCUT2D eigenvalue weighted by molar-refractivity contribution is 5.16. The fraction of sp³-hybridized carbons (Fsp3) is 0.625. The molecule has 3 heteroatoms. The molecule has 1 saturated heterocycles. The molecule has 0 bridgehead atoms. The molecule has 2 rings (SSSR count). The van der Waals surface area contributed by atoms with Crippen molar-refractivity contribution in [2.24, 2.45) is 0 Å². The van der Waals surface area contributed by atoms with Gasteiger partial charge in [0, 0.05) is 6.54 Å². The topological polar surface area (TPSA) is 30.5 Å². The van der Waals surface area contributed by atoms with E-state index in [4.69, 9.17) is 9.47 Å². The predicted molar refractivity (Wildman–Crippen MR) is 77.2 cm³/mol. The lowest BCUT2D eigenvalue weighted by molar-refractivity contribution is -0.0369. The van der Waals surface area contributed by atoms with Crippen LogP contribution in [0.2, 0.25) is 0 Å². The van der Waals surface area contributed by atoms with Crippen molar-refractivity contribution >= 4 is 0 Å². The standard InChI is InChI=1S/C16H25NO2/c1-3-17-11-15-9-10-16(19-15)12-18-13(2)14-7-5-4-6-8-14/h4-8,13,15-17H,3,9-12H2,1-2H3. The molecule has 0 saturated carbocycles. The van der Waals surface area contributed by atoms with Crippen LogP contribution in [-0.4, -0.2) is 31.9 Å². The maximum atomic E-state index is 5.96. The van der Waals surface area contributed by atoms with E-state index in [9.17, 15) is 0 Å². The Labute approximate surface area is 116 Å². The third-order valence-electron chi connectivity index (χ3n) is 3.62. The minimum absolute atomic E-state index is 0.137. The SMILES string of the molecule is CCNCC1CCC(COC(C)c2ccccc2)O1. The highest BCUT2D eigenvalue weighted by Crippen LogP contribution is 2.22. The highest BCUT2D eigenvalue weighted by Gasteiger charge is 2.25. The quantitative estimate of drug-likeness (QED) is 0.820. The molecule has 19 heavy (non-hydrogen) atoms. The lowest BCUT2D eigenvalue weighted by Crippen LogP contribution is -2.27. The molecule has 3 nitrogen and oxygen atoms in total. The monoisotopic (exact) mass is 263 g/mol. The first-order chi connectivity index (χ1) is 9.29. The third kappa shape index (κ3) is 4.60. The van der Waals surface area contributed by atoms with E-state index in [2.05, 4.69) is 31.3 Å². The Morgan fingerprint density at radius 3 is 2.74 bits per heavy atom. The van der Waals surface area contributed by atoms with Gasteiger partial charge >= 0.3 is 0 Å². The Balaban J connectivity index is 1.69. The molecule has 1 aromatic rings. The van der Waals surface area contributed by atoms with E-state index in [0.29, 0.717) is 12.7 Å². The third-order valence-corrected chi connectivity index (χ3v) is 3.62. The van der Waals surface area contributed by atoms with Crippen molar-refractivity contribution in [3.8, 4) is 0 Å². The number of benzene rings is 1. The van der Waals surface area contributed by atoms with E-state index in [1.54, 1.807) is 0 Å². The molecule has 0 aromatic heterocycles. The normalized spacial score (nSPS) is 24.5. The van der Waals surface area contributed by atoms with E-state index in [1.807, 2.05) is 18.2 Å². The fourth-order valence-corrected chi connectivity index (χ4v) is 2.43. The van der Waals surface area contributed by atoms with Crippen LogP contribution in [-0.2, 0) is 9.47 Å². The molecule has 1 heterocycles. The van der Waals surface area contributed by atoms with Gasteiger partial charge in [-0.25, -0.2) is 0 Å². The molecule has 1 aliphatic rings. The van der Waals surface area contributed by atoms with Gasteiger partial charge in [-0.2, -0.15) is 0 Å². The summed E-state index contributed by atoms with van der Waals surface area (Å²) in [5.74, 6) is 0. The van der Waals surface area contributed by atoms with Gasteiger partial charge in [0.2, 0.25) is 0 Å². The van der Waals surface area contributed by atoms with Crippen molar-refractivity contribution in [2.75, 3.05) is 19.7 Å². The van der Waals surface area contributed by atoms with Gasteiger partial charge < -0.3 is 14.8 Å². The number of hydrogen-bond donors (Lipinski definition) is 1. The first-order valence-electron chi connectivity index (χ1n) is 7.32. The fourth-order valence-electron chi connectivity index (χ4n) is 2.43. The molecule has 0 aliphatic carbocycles. The molecular weight excluding hydrogens is 238 g/mol. The number of ether oxygens (including phenoxy) is 2. The highest BCUT2D eigenvalue weighted by atomic mass is 16.5. The zero-order chi connectivity index (χ0) is 13.5. The maximum absolute atomic E-state index is 5.96. The van der Waals surface area contributed by atoms with Gasteiger partial charge in [-0.3, -0.25) is 0 Å². The summed E-state index contributed by atoms with van der Waals surface area (Å²) < 4.78 is 11.9. The smallest absolute Gasteiger partial charge is 0.0814 e. The number of nitrogens with one attached hydrogen (secondary N) is 1. The van der Waals surface area contributed by atoms with Crippen LogP contribution in [0.4, 0.5) is 0 Å². The van der Waals surface area contributed by atoms with Crippen molar-refractivity contribution < 1.29 is 9.47 Å². The van der Waals surface area contributed by atoms with Crippen LogP contribution in [0.25, 0.3) is 0 Å². The summed E-state index contributed by atoms with van der Waals surface area (Å²) >= 11 is 0. The minimum Gasteiger partial charge on any atom is -0.371 e. The van der Waals surface area contributed by atoms with Gasteiger partial charge in [0.15, 0.2) is 0 Å². The molecule has 0 spiro atoms. The Morgan fingerprint density at radius 1 is 1.26 bits per heavy atom. The van der Waals surface area contributed by atoms with E-state index in [0.717, 1.165) is 25.9 Å². The lowest BCUT2D eigenvalue weighted by Gasteiger charge is -2.18. The second kappa shape index (κ2) is 7.63. The van der Waals surface area contributed by atoms with Crippen molar-refractivity contribution in [2.45, 2.75) is 45.0 Å². The molecule has 1 fully saturated rings. The van der Waals surface area contributed by atoms with E-state index >= 15 is 0 Å². The average molecular weight is 263 g/mol. The van der Waals surface area contributed by atoms with Crippen LogP contribution in [0.15, 0.2) is 30.3 Å². The Hall–Kier alpha value is -0.900. The molecule has 1 N–H and O–H groups in total. The molecule has 1 aromatic carbocycles. The van der Waals surface area contributed by atoms with Crippen molar-refractivity contribution in [3.05, 3.63) is 35.9 Å². The summed E-state index contributed by atoms with van der Waals surface area (Å²) in [6.45, 7) is 6.88. The summed E-state index contributed by atoms with van der Waals surface area (Å²) in [7, 11) is 0. The maximum Gasteiger partial charge on any atom is 0.0814 e. The van der Waals surface area contributed by atoms with Crippen LogP contribution in [0, 0.1) is 0 Å². The molecule has 106 valence electrons. The van der Waals surface area contributed by atoms with E-state index in [-0.39, 0.29) is 12.2 Å². The summed E-state index contributed by atoms with van der Waals surface area (Å²) in [4.78, 5) is 0. The van der Waals surface area contributed by atoms with Gasteiger partial charge in [0.05, 0.1) is 24.9 Å². The van der Waals surface area contributed by atoms with Crippen LogP contribution >= 0.6 is 0 Å². The summed E-state index contributed by atoms with van der Waals surface area (Å²) in [5.41, 5.74) is 1.23. The number of hydrogen-bond acceptors (Lipinski definition) is 3. The Morgan fingerprint density at radius 2 is 2.00 bits per heavy atom. The van der Waals surface area contributed by atoms with Crippen LogP contribution in [0.3, 0.4) is 0 Å². The molecule has 0 amide bonds. The van der Waals surface area contributed by atoms with Gasteiger partial charge in [-0.1, -0.05) is 37.3 Å². The average Bonchev–Trinajstić information content (AvgIpc) is 2.91. The molecular formula is C16H25NO2. The molecule has 3 atom stereocenters. The predicted octanol–water partition coefficient (Wildman–Crippen LogP) is 2.92. The first-order valence-corrected chi connectivity index (χ1v) is 7.32. The van der Waals surface area contributed by atoms with Gasteiger partial charge in [0.1, 0.15) is 0 Å². The second-order valence-electron chi connectivity index (χ2n) is 5.15. The van der Waals surface area contributed by atoms with Crippen molar-refractivity contribution in [1.29, 1.82) is 0 Å². The van der Waals surface area contributed by atoms with Crippen LogP contribution in [0.5, 0.6) is 0 Å². The van der Waals surface area contributed by atoms with Crippen molar-refractivity contribution in [1.82, 2.24) is 5.32 Å². The van der Waals surface area contributed by atoms with E-state index < -0.39 is 0 Å². The first kappa shape index (κ1) is 14.5. The molecule has 3 unspecified atom stereocenters. The zero-order valence-corrected chi connectivity index (χ0v) is 12.0. The number of likely N-dealkylation sites (N-methyl/N-ethyl adjacent to an activating group) is 1. The summed E-state index contributed by atoms with van der Waals surface area (Å²) in [5, 5.41) is 3.34. The minimum atomic E-state index is 0.137. The van der Waals surface area contributed by atoms with E-state index in [1.165, 1.54) is 5.56 Å². The Kier molecular flexibility index (Phi) is 5.83. The van der Waals surface area contributed by atoms with Gasteiger partial charge in [0.25, 0.3) is 0 Å². The summed E-state index contributed by atoms with van der Waals surface area (Å²) in [6.07, 6.45) is 3.01. The summed E-state index contributed by atoms with van der Waals surface area (Å²) in [6, 6.07) is 10.3. The number of rotatable bonds is 7. The van der Waals surface area contributed by atoms with Gasteiger partial charge in [-0.15, -0.1) is 0 Å². The lowest BCUT2D eigenvalue weighted by atomic mass is 10.1. The second-order valence-corrected chi connectivity index (χ2v) is 5.15. The largest absolute Gasteiger partial charge is 0.371 e. The van der Waals surface area contributed by atoms with Crippen LogP contribution < -0.4 is 5.32 Å². The Bertz CT molecular complexity index is 355. The zero-order valence-electron chi connectivity index (χ0n) is 12.0. The molecule has 0 radical (unpaired) electrons. The molecule has 1 aliphatic heterocycles. The van der Waals surface area contributed by atoms with Crippen molar-refractivity contribution in [3.63, 3.8) is 0 Å².